The Morgan fingerprint density at radius 2 is 1.80 bits per heavy atom. The van der Waals surface area contributed by atoms with Crippen LogP contribution in [0, 0.1) is 11.8 Å². The first-order valence-corrected chi connectivity index (χ1v) is 5.32. The van der Waals surface area contributed by atoms with E-state index in [1.54, 1.807) is 6.92 Å². The predicted molar refractivity (Wildman–Crippen MR) is 54.2 cm³/mol. The van der Waals surface area contributed by atoms with Crippen molar-refractivity contribution in [3.63, 3.8) is 0 Å². The second-order valence-electron chi connectivity index (χ2n) is 4.16. The minimum Gasteiger partial charge on any atom is -0.469 e. The zero-order valence-electron chi connectivity index (χ0n) is 9.23. The molecule has 0 aromatic rings. The molecule has 86 valence electrons. The van der Waals surface area contributed by atoms with E-state index in [1.807, 2.05) is 0 Å². The molecule has 0 spiro atoms. The summed E-state index contributed by atoms with van der Waals surface area (Å²) in [5, 5.41) is 9.74. The van der Waals surface area contributed by atoms with Gasteiger partial charge in [-0.25, -0.2) is 0 Å². The number of esters is 1. The summed E-state index contributed by atoms with van der Waals surface area (Å²) >= 11 is 0. The smallest absolute Gasteiger partial charge is 0.311 e. The van der Waals surface area contributed by atoms with Crippen LogP contribution in [-0.4, -0.2) is 30.1 Å². The second-order valence-corrected chi connectivity index (χ2v) is 4.16. The van der Waals surface area contributed by atoms with Gasteiger partial charge in [-0.3, -0.25) is 9.59 Å². The highest BCUT2D eigenvalue weighted by Gasteiger charge is 2.32. The average molecular weight is 214 g/mol. The van der Waals surface area contributed by atoms with Crippen molar-refractivity contribution >= 4 is 11.8 Å². The average Bonchev–Trinajstić information content (AvgIpc) is 2.39. The third kappa shape index (κ3) is 3.02. The molecule has 0 aromatic heterocycles. The molecule has 0 aliphatic heterocycles. The number of hydrogen-bond acceptors (Lipinski definition) is 4. The van der Waals surface area contributed by atoms with Crippen molar-refractivity contribution < 1.29 is 19.4 Å². The van der Waals surface area contributed by atoms with Crippen molar-refractivity contribution in [2.45, 2.75) is 38.7 Å². The second kappa shape index (κ2) is 5.26. The fourth-order valence-electron chi connectivity index (χ4n) is 2.12. The molecule has 4 heteroatoms. The van der Waals surface area contributed by atoms with Gasteiger partial charge in [-0.15, -0.1) is 0 Å². The molecule has 1 saturated carbocycles. The van der Waals surface area contributed by atoms with Crippen LogP contribution in [0.25, 0.3) is 0 Å². The number of carbonyl (C=O) groups is 2. The minimum atomic E-state index is -0.665. The van der Waals surface area contributed by atoms with E-state index in [0.29, 0.717) is 25.7 Å². The van der Waals surface area contributed by atoms with Crippen molar-refractivity contribution in [1.29, 1.82) is 0 Å². The molecule has 1 N–H and O–H groups in total. The van der Waals surface area contributed by atoms with Crippen LogP contribution in [0.3, 0.4) is 0 Å². The molecule has 0 amide bonds. The molecule has 3 atom stereocenters. The Morgan fingerprint density at radius 3 is 2.33 bits per heavy atom. The highest BCUT2D eigenvalue weighted by molar-refractivity contribution is 5.78. The maximum absolute atomic E-state index is 11.3. The zero-order valence-corrected chi connectivity index (χ0v) is 9.23. The van der Waals surface area contributed by atoms with Crippen molar-refractivity contribution in [1.82, 2.24) is 0 Å². The first-order valence-electron chi connectivity index (χ1n) is 5.32. The number of methoxy groups -OCH3 is 1. The normalized spacial score (nSPS) is 31.8. The largest absolute Gasteiger partial charge is 0.469 e. The number of Topliss-reactive ketones (excluding diaryl/α,β-unsaturated/α-hetero) is 1. The lowest BCUT2D eigenvalue weighted by molar-refractivity contribution is -0.149. The molecule has 1 rings (SSSR count). The number of ether oxygens (including phenoxy) is 1. The van der Waals surface area contributed by atoms with Gasteiger partial charge in [0.25, 0.3) is 0 Å². The SMILES string of the molecule is COC(=O)[C@H]1CC[C@@H](C(C)=O)CCC1O. The summed E-state index contributed by atoms with van der Waals surface area (Å²) in [5.74, 6) is -0.687. The summed E-state index contributed by atoms with van der Waals surface area (Å²) in [6.07, 6.45) is 1.72. The molecular formula is C11H18O4. The molecule has 1 fully saturated rings. The van der Waals surface area contributed by atoms with Gasteiger partial charge >= 0.3 is 5.97 Å². The van der Waals surface area contributed by atoms with E-state index < -0.39 is 12.0 Å². The highest BCUT2D eigenvalue weighted by atomic mass is 16.5. The van der Waals surface area contributed by atoms with Crippen LogP contribution in [0.5, 0.6) is 0 Å². The van der Waals surface area contributed by atoms with Gasteiger partial charge in [-0.05, 0) is 32.6 Å². The van der Waals surface area contributed by atoms with Crippen LogP contribution >= 0.6 is 0 Å². The molecule has 0 heterocycles. The maximum atomic E-state index is 11.3. The van der Waals surface area contributed by atoms with Gasteiger partial charge in [-0.2, -0.15) is 0 Å². The highest BCUT2D eigenvalue weighted by Crippen LogP contribution is 2.28. The van der Waals surface area contributed by atoms with Crippen molar-refractivity contribution in [2.75, 3.05) is 7.11 Å². The molecular weight excluding hydrogens is 196 g/mol. The fourth-order valence-corrected chi connectivity index (χ4v) is 2.12. The molecule has 1 aliphatic rings. The van der Waals surface area contributed by atoms with Crippen LogP contribution in [0.2, 0.25) is 0 Å². The van der Waals surface area contributed by atoms with Crippen molar-refractivity contribution in [3.05, 3.63) is 0 Å². The van der Waals surface area contributed by atoms with Gasteiger partial charge in [-0.1, -0.05) is 0 Å². The number of carbonyl (C=O) groups excluding carboxylic acids is 2. The quantitative estimate of drug-likeness (QED) is 0.548. The van der Waals surface area contributed by atoms with E-state index in [0.717, 1.165) is 0 Å². The number of rotatable bonds is 2. The van der Waals surface area contributed by atoms with Gasteiger partial charge in [0.2, 0.25) is 0 Å². The molecule has 0 saturated heterocycles. The van der Waals surface area contributed by atoms with Crippen molar-refractivity contribution in [2.24, 2.45) is 11.8 Å². The van der Waals surface area contributed by atoms with Gasteiger partial charge < -0.3 is 9.84 Å². The Balaban J connectivity index is 2.63. The van der Waals surface area contributed by atoms with Crippen LogP contribution < -0.4 is 0 Å². The Kier molecular flexibility index (Phi) is 4.27. The lowest BCUT2D eigenvalue weighted by Gasteiger charge is -2.16. The fraction of sp³-hybridized carbons (Fsp3) is 0.818. The Bertz CT molecular complexity index is 249. The lowest BCUT2D eigenvalue weighted by atomic mass is 9.95. The van der Waals surface area contributed by atoms with E-state index in [9.17, 15) is 14.7 Å². The molecule has 0 bridgehead atoms. The third-order valence-corrected chi connectivity index (χ3v) is 3.18. The molecule has 1 aliphatic carbocycles. The maximum Gasteiger partial charge on any atom is 0.311 e. The van der Waals surface area contributed by atoms with Gasteiger partial charge in [0.05, 0.1) is 19.1 Å². The van der Waals surface area contributed by atoms with E-state index in [-0.39, 0.29) is 17.7 Å². The van der Waals surface area contributed by atoms with Crippen LogP contribution in [0.15, 0.2) is 0 Å². The molecule has 1 unspecified atom stereocenters. The number of aliphatic hydroxyl groups is 1. The monoisotopic (exact) mass is 214 g/mol. The molecule has 0 aromatic carbocycles. The third-order valence-electron chi connectivity index (χ3n) is 3.18. The summed E-state index contributed by atoms with van der Waals surface area (Å²) in [6.45, 7) is 1.56. The van der Waals surface area contributed by atoms with E-state index >= 15 is 0 Å². The number of hydrogen-bond donors (Lipinski definition) is 1. The Morgan fingerprint density at radius 1 is 1.20 bits per heavy atom. The number of ketones is 1. The summed E-state index contributed by atoms with van der Waals surface area (Å²) < 4.78 is 4.63. The lowest BCUT2D eigenvalue weighted by Crippen LogP contribution is -2.28. The molecule has 0 radical (unpaired) electrons. The Labute approximate surface area is 89.6 Å². The minimum absolute atomic E-state index is 0.00527. The molecule has 15 heavy (non-hydrogen) atoms. The first-order chi connectivity index (χ1) is 7.06. The van der Waals surface area contributed by atoms with Gasteiger partial charge in [0.1, 0.15) is 5.78 Å². The van der Waals surface area contributed by atoms with E-state index in [4.69, 9.17) is 0 Å². The summed E-state index contributed by atoms with van der Waals surface area (Å²) in [4.78, 5) is 22.5. The van der Waals surface area contributed by atoms with Crippen LogP contribution in [0.1, 0.15) is 32.6 Å². The van der Waals surface area contributed by atoms with Crippen LogP contribution in [0.4, 0.5) is 0 Å². The zero-order chi connectivity index (χ0) is 11.4. The predicted octanol–water partition coefficient (Wildman–Crippen LogP) is 0.916. The summed E-state index contributed by atoms with van der Waals surface area (Å²) in [7, 11) is 1.32. The van der Waals surface area contributed by atoms with Gasteiger partial charge in [0.15, 0.2) is 0 Å². The topological polar surface area (TPSA) is 63.6 Å². The van der Waals surface area contributed by atoms with E-state index in [2.05, 4.69) is 4.74 Å². The standard InChI is InChI=1S/C11H18O4/c1-7(12)8-3-5-9(11(14)15-2)10(13)6-4-8/h8-10,13H,3-6H2,1-2H3/t8-,9+,10?/m1/s1. The van der Waals surface area contributed by atoms with Crippen LogP contribution in [-0.2, 0) is 14.3 Å². The molecule has 4 nitrogen and oxygen atoms in total. The first kappa shape index (κ1) is 12.2. The van der Waals surface area contributed by atoms with Gasteiger partial charge in [0, 0.05) is 5.92 Å². The summed E-state index contributed by atoms with van der Waals surface area (Å²) in [5.41, 5.74) is 0. The van der Waals surface area contributed by atoms with Crippen molar-refractivity contribution in [3.8, 4) is 0 Å². The number of aliphatic hydroxyl groups excluding tert-OH is 1. The summed E-state index contributed by atoms with van der Waals surface area (Å²) in [6, 6.07) is 0. The van der Waals surface area contributed by atoms with E-state index in [1.165, 1.54) is 7.11 Å². The Hall–Kier alpha value is -0.900.